The van der Waals surface area contributed by atoms with Crippen molar-refractivity contribution in [1.29, 1.82) is 0 Å². The summed E-state index contributed by atoms with van der Waals surface area (Å²) >= 11 is 0. The number of benzene rings is 2. The van der Waals surface area contributed by atoms with Gasteiger partial charge in [-0.1, -0.05) is 48.0 Å². The maximum absolute atomic E-state index is 2.26. The van der Waals surface area contributed by atoms with Crippen molar-refractivity contribution in [3.63, 3.8) is 0 Å². The van der Waals surface area contributed by atoms with Crippen LogP contribution >= 0.6 is 8.58 Å². The van der Waals surface area contributed by atoms with Crippen LogP contribution < -0.4 is 10.6 Å². The molecule has 0 aliphatic heterocycles. The van der Waals surface area contributed by atoms with Gasteiger partial charge in [0.05, 0.1) is 0 Å². The predicted octanol–water partition coefficient (Wildman–Crippen LogP) is 3.51. The fourth-order valence-corrected chi connectivity index (χ4v) is 3.04. The minimum atomic E-state index is 1.31. The number of rotatable bonds is 2. The smallest absolute Gasteiger partial charge is 0.00879 e. The van der Waals surface area contributed by atoms with Crippen LogP contribution in [0, 0.1) is 20.8 Å². The molecule has 1 radical (unpaired) electrons. The second-order valence-electron chi connectivity index (χ2n) is 4.19. The van der Waals surface area contributed by atoms with Gasteiger partial charge in [0.15, 0.2) is 0 Å². The second-order valence-corrected chi connectivity index (χ2v) is 5.38. The van der Waals surface area contributed by atoms with Crippen molar-refractivity contribution in [3.05, 3.63) is 59.2 Å². The molecular weight excluding hydrogens is 211 g/mol. The van der Waals surface area contributed by atoms with E-state index in [1.807, 2.05) is 0 Å². The van der Waals surface area contributed by atoms with Gasteiger partial charge in [0.25, 0.3) is 0 Å². The summed E-state index contributed by atoms with van der Waals surface area (Å²) in [7, 11) is 1.31. The lowest BCUT2D eigenvalue weighted by molar-refractivity contribution is 1.36. The van der Waals surface area contributed by atoms with Crippen molar-refractivity contribution in [3.8, 4) is 0 Å². The minimum Gasteiger partial charge on any atom is -0.0622 e. The zero-order valence-corrected chi connectivity index (χ0v) is 10.9. The van der Waals surface area contributed by atoms with E-state index in [1.165, 1.54) is 35.9 Å². The molecule has 0 spiro atoms. The average Bonchev–Trinajstić information content (AvgIpc) is 2.25. The van der Waals surface area contributed by atoms with Crippen LogP contribution in [-0.2, 0) is 0 Å². The molecule has 0 atom stereocenters. The largest absolute Gasteiger partial charge is 0.0622 e. The Morgan fingerprint density at radius 1 is 0.812 bits per heavy atom. The highest BCUT2D eigenvalue weighted by Crippen LogP contribution is 2.17. The van der Waals surface area contributed by atoms with Gasteiger partial charge < -0.3 is 0 Å². The van der Waals surface area contributed by atoms with Gasteiger partial charge in [-0.25, -0.2) is 0 Å². The molecule has 0 saturated heterocycles. The maximum Gasteiger partial charge on any atom is -0.00879 e. The molecule has 0 fully saturated rings. The van der Waals surface area contributed by atoms with E-state index >= 15 is 0 Å². The van der Waals surface area contributed by atoms with Crippen molar-refractivity contribution >= 4 is 19.2 Å². The van der Waals surface area contributed by atoms with Crippen molar-refractivity contribution < 1.29 is 0 Å². The lowest BCUT2D eigenvalue weighted by Crippen LogP contribution is -2.10. The molecule has 0 aromatic heterocycles. The molecule has 0 heterocycles. The summed E-state index contributed by atoms with van der Waals surface area (Å²) in [6.07, 6.45) is 0. The minimum absolute atomic E-state index is 1.31. The Morgan fingerprint density at radius 2 is 1.38 bits per heavy atom. The van der Waals surface area contributed by atoms with Crippen LogP contribution in [0.25, 0.3) is 0 Å². The fraction of sp³-hybridized carbons (Fsp3) is 0.200. The molecule has 1 heteroatoms. The van der Waals surface area contributed by atoms with Gasteiger partial charge in [0.1, 0.15) is 0 Å². The first-order valence-corrected chi connectivity index (χ1v) is 6.41. The maximum atomic E-state index is 2.26. The fourth-order valence-electron chi connectivity index (χ4n) is 1.98. The van der Waals surface area contributed by atoms with Gasteiger partial charge in [-0.05, 0) is 51.1 Å². The highest BCUT2D eigenvalue weighted by Gasteiger charge is 2.05. The third kappa shape index (κ3) is 2.51. The van der Waals surface area contributed by atoms with Crippen LogP contribution in [0.15, 0.2) is 42.5 Å². The molecule has 0 saturated carbocycles. The summed E-state index contributed by atoms with van der Waals surface area (Å²) in [4.78, 5) is 0. The van der Waals surface area contributed by atoms with Crippen molar-refractivity contribution in [2.45, 2.75) is 20.8 Å². The van der Waals surface area contributed by atoms with Crippen molar-refractivity contribution in [2.75, 3.05) is 0 Å². The molecule has 2 aromatic rings. The molecule has 16 heavy (non-hydrogen) atoms. The average molecular weight is 227 g/mol. The number of hydrogen-bond donors (Lipinski definition) is 0. The van der Waals surface area contributed by atoms with E-state index in [1.54, 1.807) is 0 Å². The molecule has 2 rings (SSSR count). The summed E-state index contributed by atoms with van der Waals surface area (Å²) in [5.41, 5.74) is 4.13. The first-order valence-electron chi connectivity index (χ1n) is 5.51. The summed E-state index contributed by atoms with van der Waals surface area (Å²) in [5, 5.41) is 2.80. The van der Waals surface area contributed by atoms with Gasteiger partial charge >= 0.3 is 0 Å². The van der Waals surface area contributed by atoms with Crippen LogP contribution in [0.1, 0.15) is 16.7 Å². The lowest BCUT2D eigenvalue weighted by Gasteiger charge is -2.10. The van der Waals surface area contributed by atoms with Gasteiger partial charge in [-0.3, -0.25) is 0 Å². The highest BCUT2D eigenvalue weighted by molar-refractivity contribution is 7.55. The number of aryl methyl sites for hydroxylation is 3. The Morgan fingerprint density at radius 3 is 1.94 bits per heavy atom. The molecule has 2 aromatic carbocycles. The summed E-state index contributed by atoms with van der Waals surface area (Å²) in [6.45, 7) is 6.56. The van der Waals surface area contributed by atoms with Crippen molar-refractivity contribution in [1.82, 2.24) is 0 Å². The summed E-state index contributed by atoms with van der Waals surface area (Å²) in [6, 6.07) is 15.1. The van der Waals surface area contributed by atoms with Gasteiger partial charge in [0.2, 0.25) is 0 Å². The standard InChI is InChI=1S/C15H16P/c1-11-9-12(2)15(13(3)10-11)16-14-7-5-4-6-8-14/h4-10H,1-3H3. The van der Waals surface area contributed by atoms with Gasteiger partial charge in [-0.15, -0.1) is 0 Å². The van der Waals surface area contributed by atoms with E-state index in [0.29, 0.717) is 0 Å². The summed E-state index contributed by atoms with van der Waals surface area (Å²) < 4.78 is 0. The van der Waals surface area contributed by atoms with Crippen LogP contribution in [0.2, 0.25) is 0 Å². The Kier molecular flexibility index (Phi) is 3.41. The SMILES string of the molecule is Cc1cc(C)c([P]c2ccccc2)c(C)c1. The van der Waals surface area contributed by atoms with E-state index in [0.717, 1.165) is 0 Å². The Hall–Kier alpha value is -1.13. The van der Waals surface area contributed by atoms with Crippen LogP contribution in [-0.4, -0.2) is 0 Å². The van der Waals surface area contributed by atoms with E-state index in [4.69, 9.17) is 0 Å². The van der Waals surface area contributed by atoms with Crippen LogP contribution in [0.3, 0.4) is 0 Å². The predicted molar refractivity (Wildman–Crippen MR) is 73.3 cm³/mol. The van der Waals surface area contributed by atoms with Gasteiger partial charge in [0, 0.05) is 0 Å². The molecule has 81 valence electrons. The number of hydrogen-bond acceptors (Lipinski definition) is 0. The third-order valence-corrected chi connectivity index (χ3v) is 4.12. The second kappa shape index (κ2) is 4.80. The molecular formula is C15H16P. The topological polar surface area (TPSA) is 0 Å². The Bertz CT molecular complexity index is 463. The molecule has 0 N–H and O–H groups in total. The Balaban J connectivity index is 2.35. The molecule has 0 aliphatic carbocycles. The Labute approximate surface area is 99.5 Å². The quantitative estimate of drug-likeness (QED) is 0.689. The van der Waals surface area contributed by atoms with E-state index in [-0.39, 0.29) is 0 Å². The summed E-state index contributed by atoms with van der Waals surface area (Å²) in [5.74, 6) is 0. The van der Waals surface area contributed by atoms with Crippen LogP contribution in [0.4, 0.5) is 0 Å². The van der Waals surface area contributed by atoms with E-state index in [2.05, 4.69) is 63.2 Å². The lowest BCUT2D eigenvalue weighted by atomic mass is 10.1. The first kappa shape index (κ1) is 11.4. The highest BCUT2D eigenvalue weighted by atomic mass is 31.1. The third-order valence-electron chi connectivity index (χ3n) is 2.63. The first-order chi connectivity index (χ1) is 7.66. The van der Waals surface area contributed by atoms with Crippen molar-refractivity contribution in [2.24, 2.45) is 0 Å². The van der Waals surface area contributed by atoms with E-state index < -0.39 is 0 Å². The van der Waals surface area contributed by atoms with Gasteiger partial charge in [-0.2, -0.15) is 0 Å². The molecule has 0 nitrogen and oxygen atoms in total. The zero-order valence-electron chi connectivity index (χ0n) is 9.99. The normalized spacial score (nSPS) is 11.2. The molecule has 0 amide bonds. The van der Waals surface area contributed by atoms with Crippen LogP contribution in [0.5, 0.6) is 0 Å². The van der Waals surface area contributed by atoms with E-state index in [9.17, 15) is 0 Å². The molecule has 0 bridgehead atoms. The zero-order chi connectivity index (χ0) is 11.5. The molecule has 0 aliphatic rings. The molecule has 0 unspecified atom stereocenters. The monoisotopic (exact) mass is 227 g/mol.